The molecule has 1 aromatic carbocycles. The van der Waals surface area contributed by atoms with Crippen molar-refractivity contribution in [1.29, 1.82) is 0 Å². The first-order valence-corrected chi connectivity index (χ1v) is 7.80. The van der Waals surface area contributed by atoms with Gasteiger partial charge in [0.05, 0.1) is 25.3 Å². The number of aromatic nitrogens is 1. The standard InChI is InChI=1S/C17H19N3O4/c1-19-11-14(12-4-2-3-5-13(12)17(19)23)16(22)18-10-15(21)20-6-8-24-9-7-20/h2-5,11H,6-10H2,1H3,(H,18,22). The minimum atomic E-state index is -0.372. The van der Waals surface area contributed by atoms with E-state index >= 15 is 0 Å². The van der Waals surface area contributed by atoms with E-state index in [0.29, 0.717) is 42.6 Å². The number of hydrogen-bond acceptors (Lipinski definition) is 4. The molecule has 7 nitrogen and oxygen atoms in total. The normalized spacial score (nSPS) is 14.6. The maximum absolute atomic E-state index is 12.5. The number of hydrogen-bond donors (Lipinski definition) is 1. The summed E-state index contributed by atoms with van der Waals surface area (Å²) in [5, 5.41) is 3.71. The molecular formula is C17H19N3O4. The van der Waals surface area contributed by atoms with Crippen molar-refractivity contribution in [2.24, 2.45) is 7.05 Å². The zero-order valence-corrected chi connectivity index (χ0v) is 13.4. The zero-order chi connectivity index (χ0) is 17.1. The van der Waals surface area contributed by atoms with Crippen molar-refractivity contribution in [2.75, 3.05) is 32.8 Å². The van der Waals surface area contributed by atoms with Crippen LogP contribution in [-0.4, -0.2) is 54.1 Å². The number of pyridine rings is 1. The number of fused-ring (bicyclic) bond motifs is 1. The highest BCUT2D eigenvalue weighted by Crippen LogP contribution is 2.14. The Balaban J connectivity index is 1.78. The van der Waals surface area contributed by atoms with Gasteiger partial charge in [0.1, 0.15) is 0 Å². The highest BCUT2D eigenvalue weighted by Gasteiger charge is 2.19. The molecule has 1 aliphatic rings. The van der Waals surface area contributed by atoms with E-state index in [2.05, 4.69) is 5.32 Å². The van der Waals surface area contributed by atoms with Crippen molar-refractivity contribution in [3.63, 3.8) is 0 Å². The van der Waals surface area contributed by atoms with E-state index in [1.807, 2.05) is 0 Å². The molecule has 1 fully saturated rings. The van der Waals surface area contributed by atoms with Gasteiger partial charge in [-0.2, -0.15) is 0 Å². The largest absolute Gasteiger partial charge is 0.378 e. The van der Waals surface area contributed by atoms with E-state index in [-0.39, 0.29) is 23.9 Å². The molecule has 126 valence electrons. The van der Waals surface area contributed by atoms with Crippen LogP contribution >= 0.6 is 0 Å². The molecule has 0 saturated carbocycles. The summed E-state index contributed by atoms with van der Waals surface area (Å²) in [7, 11) is 1.60. The molecule has 1 N–H and O–H groups in total. The minimum absolute atomic E-state index is 0.0734. The highest BCUT2D eigenvalue weighted by atomic mass is 16.5. The molecule has 0 unspecified atom stereocenters. The van der Waals surface area contributed by atoms with Crippen LogP contribution in [0.5, 0.6) is 0 Å². The first-order valence-electron chi connectivity index (χ1n) is 7.80. The molecule has 1 aliphatic heterocycles. The second kappa shape index (κ2) is 6.84. The Hall–Kier alpha value is -2.67. The third kappa shape index (κ3) is 3.16. The molecule has 3 rings (SSSR count). The number of carbonyl (C=O) groups excluding carboxylic acids is 2. The summed E-state index contributed by atoms with van der Waals surface area (Å²) in [5.74, 6) is -0.510. The predicted octanol–water partition coefficient (Wildman–Crippen LogP) is 0.127. The van der Waals surface area contributed by atoms with Crippen molar-refractivity contribution < 1.29 is 14.3 Å². The second-order valence-corrected chi connectivity index (χ2v) is 5.68. The van der Waals surface area contributed by atoms with Crippen LogP contribution in [0.1, 0.15) is 10.4 Å². The molecule has 1 saturated heterocycles. The molecule has 2 amide bonds. The molecule has 0 bridgehead atoms. The predicted molar refractivity (Wildman–Crippen MR) is 88.9 cm³/mol. The van der Waals surface area contributed by atoms with Crippen LogP contribution in [0.3, 0.4) is 0 Å². The Morgan fingerprint density at radius 1 is 1.17 bits per heavy atom. The van der Waals surface area contributed by atoms with E-state index in [1.54, 1.807) is 36.2 Å². The third-order valence-electron chi connectivity index (χ3n) is 4.10. The first-order chi connectivity index (χ1) is 11.6. The summed E-state index contributed by atoms with van der Waals surface area (Å²) in [6.07, 6.45) is 1.50. The zero-order valence-electron chi connectivity index (χ0n) is 13.4. The maximum atomic E-state index is 12.5. The molecule has 2 heterocycles. The van der Waals surface area contributed by atoms with E-state index in [0.717, 1.165) is 0 Å². The van der Waals surface area contributed by atoms with Crippen molar-refractivity contribution in [2.45, 2.75) is 0 Å². The fourth-order valence-corrected chi connectivity index (χ4v) is 2.77. The molecule has 1 aromatic heterocycles. The lowest BCUT2D eigenvalue weighted by Gasteiger charge is -2.26. The third-order valence-corrected chi connectivity index (χ3v) is 4.10. The number of morpholine rings is 1. The quantitative estimate of drug-likeness (QED) is 0.868. The summed E-state index contributed by atoms with van der Waals surface area (Å²) in [6.45, 7) is 2.04. The van der Waals surface area contributed by atoms with E-state index < -0.39 is 0 Å². The molecule has 0 spiro atoms. The Kier molecular flexibility index (Phi) is 4.61. The van der Waals surface area contributed by atoms with Crippen molar-refractivity contribution >= 4 is 22.6 Å². The fourth-order valence-electron chi connectivity index (χ4n) is 2.77. The summed E-state index contributed by atoms with van der Waals surface area (Å²) >= 11 is 0. The number of benzene rings is 1. The Morgan fingerprint density at radius 2 is 1.83 bits per heavy atom. The van der Waals surface area contributed by atoms with Crippen molar-refractivity contribution in [1.82, 2.24) is 14.8 Å². The summed E-state index contributed by atoms with van der Waals surface area (Å²) in [4.78, 5) is 38.4. The number of nitrogens with zero attached hydrogens (tertiary/aromatic N) is 2. The van der Waals surface area contributed by atoms with Gasteiger partial charge >= 0.3 is 0 Å². The van der Waals surface area contributed by atoms with Crippen LogP contribution in [0.4, 0.5) is 0 Å². The monoisotopic (exact) mass is 329 g/mol. The molecular weight excluding hydrogens is 310 g/mol. The molecule has 0 radical (unpaired) electrons. The van der Waals surface area contributed by atoms with Gasteiger partial charge in [0.15, 0.2) is 0 Å². The number of amides is 2. The minimum Gasteiger partial charge on any atom is -0.378 e. The van der Waals surface area contributed by atoms with Crippen molar-refractivity contribution in [3.05, 3.63) is 46.4 Å². The second-order valence-electron chi connectivity index (χ2n) is 5.68. The van der Waals surface area contributed by atoms with Gasteiger partial charge in [-0.1, -0.05) is 18.2 Å². The Morgan fingerprint density at radius 3 is 2.54 bits per heavy atom. The summed E-state index contributed by atoms with van der Waals surface area (Å²) in [5.41, 5.74) is 0.217. The summed E-state index contributed by atoms with van der Waals surface area (Å²) < 4.78 is 6.58. The van der Waals surface area contributed by atoms with Crippen LogP contribution in [0, 0.1) is 0 Å². The number of nitrogens with one attached hydrogen (secondary N) is 1. The highest BCUT2D eigenvalue weighted by molar-refractivity contribution is 6.07. The molecule has 24 heavy (non-hydrogen) atoms. The van der Waals surface area contributed by atoms with Crippen LogP contribution in [0.15, 0.2) is 35.3 Å². The van der Waals surface area contributed by atoms with Gasteiger partial charge in [-0.3, -0.25) is 14.4 Å². The Labute approximate surface area is 138 Å². The molecule has 7 heteroatoms. The van der Waals surface area contributed by atoms with Gasteiger partial charge < -0.3 is 19.5 Å². The topological polar surface area (TPSA) is 80.6 Å². The number of carbonyl (C=O) groups is 2. The van der Waals surface area contributed by atoms with Gasteiger partial charge in [-0.05, 0) is 6.07 Å². The van der Waals surface area contributed by atoms with Gasteiger partial charge in [0.2, 0.25) is 5.91 Å². The SMILES string of the molecule is Cn1cc(C(=O)NCC(=O)N2CCOCC2)c2ccccc2c1=O. The average Bonchev–Trinajstić information content (AvgIpc) is 2.63. The Bertz CT molecular complexity index is 837. The lowest BCUT2D eigenvalue weighted by Crippen LogP contribution is -2.45. The van der Waals surface area contributed by atoms with Crippen LogP contribution < -0.4 is 10.9 Å². The van der Waals surface area contributed by atoms with E-state index in [1.165, 1.54) is 10.8 Å². The number of rotatable bonds is 3. The van der Waals surface area contributed by atoms with Gasteiger partial charge in [0.25, 0.3) is 11.5 Å². The fraction of sp³-hybridized carbons (Fsp3) is 0.353. The van der Waals surface area contributed by atoms with Crippen LogP contribution in [-0.2, 0) is 16.6 Å². The van der Waals surface area contributed by atoms with Gasteiger partial charge in [0, 0.05) is 37.1 Å². The van der Waals surface area contributed by atoms with E-state index in [9.17, 15) is 14.4 Å². The number of aryl methyl sites for hydroxylation is 1. The smallest absolute Gasteiger partial charge is 0.258 e. The number of ether oxygens (including phenoxy) is 1. The van der Waals surface area contributed by atoms with Crippen LogP contribution in [0.2, 0.25) is 0 Å². The molecule has 0 aliphatic carbocycles. The van der Waals surface area contributed by atoms with Crippen molar-refractivity contribution in [3.8, 4) is 0 Å². The molecule has 0 atom stereocenters. The van der Waals surface area contributed by atoms with Gasteiger partial charge in [-0.25, -0.2) is 0 Å². The van der Waals surface area contributed by atoms with Gasteiger partial charge in [-0.15, -0.1) is 0 Å². The lowest BCUT2D eigenvalue weighted by molar-refractivity contribution is -0.134. The lowest BCUT2D eigenvalue weighted by atomic mass is 10.1. The maximum Gasteiger partial charge on any atom is 0.258 e. The molecule has 2 aromatic rings. The average molecular weight is 329 g/mol. The van der Waals surface area contributed by atoms with Crippen LogP contribution in [0.25, 0.3) is 10.8 Å². The first kappa shape index (κ1) is 16.2. The summed E-state index contributed by atoms with van der Waals surface area (Å²) in [6, 6.07) is 6.95. The van der Waals surface area contributed by atoms with E-state index in [4.69, 9.17) is 4.74 Å².